The number of anilines is 1. The molecule has 0 unspecified atom stereocenters. The Kier molecular flexibility index (Phi) is 5.43. The molecule has 0 aliphatic carbocycles. The zero-order chi connectivity index (χ0) is 13.9. The van der Waals surface area contributed by atoms with Crippen LogP contribution >= 0.6 is 12.4 Å². The van der Waals surface area contributed by atoms with Crippen LogP contribution in [0.15, 0.2) is 24.3 Å². The van der Waals surface area contributed by atoms with Gasteiger partial charge in [-0.05, 0) is 25.0 Å². The summed E-state index contributed by atoms with van der Waals surface area (Å²) < 4.78 is 0. The maximum absolute atomic E-state index is 4.88. The number of hydrogen-bond acceptors (Lipinski definition) is 3. The molecule has 2 aromatic rings. The maximum Gasteiger partial charge on any atom is 0.0755 e. The van der Waals surface area contributed by atoms with Gasteiger partial charge in [-0.1, -0.05) is 31.5 Å². The van der Waals surface area contributed by atoms with Crippen molar-refractivity contribution in [3.8, 4) is 0 Å². The number of aromatic nitrogens is 1. The number of benzene rings is 1. The van der Waals surface area contributed by atoms with Crippen LogP contribution in [0, 0.1) is 6.92 Å². The van der Waals surface area contributed by atoms with Crippen LogP contribution in [0.3, 0.4) is 0 Å². The van der Waals surface area contributed by atoms with Crippen molar-refractivity contribution >= 4 is 29.0 Å². The van der Waals surface area contributed by atoms with E-state index in [1.54, 1.807) is 0 Å². The molecule has 0 amide bonds. The molecule has 0 radical (unpaired) electrons. The van der Waals surface area contributed by atoms with Crippen LogP contribution in [0.1, 0.15) is 24.6 Å². The van der Waals surface area contributed by atoms with Gasteiger partial charge >= 0.3 is 0 Å². The van der Waals surface area contributed by atoms with Crippen LogP contribution < -0.4 is 10.2 Å². The maximum atomic E-state index is 4.88. The summed E-state index contributed by atoms with van der Waals surface area (Å²) in [5.74, 6) is 0. The van der Waals surface area contributed by atoms with E-state index in [9.17, 15) is 0 Å². The lowest BCUT2D eigenvalue weighted by Crippen LogP contribution is -2.43. The fraction of sp³-hybridized carbons (Fsp3) is 0.471. The van der Waals surface area contributed by atoms with E-state index in [0.29, 0.717) is 0 Å². The minimum atomic E-state index is 0. The Morgan fingerprint density at radius 3 is 2.71 bits per heavy atom. The Balaban J connectivity index is 0.00000161. The first-order valence-corrected chi connectivity index (χ1v) is 7.64. The first-order valence-electron chi connectivity index (χ1n) is 7.64. The fourth-order valence-corrected chi connectivity index (χ4v) is 2.98. The lowest BCUT2D eigenvalue weighted by molar-refractivity contribution is 0.590. The third kappa shape index (κ3) is 3.30. The summed E-state index contributed by atoms with van der Waals surface area (Å²) >= 11 is 0. The van der Waals surface area contributed by atoms with Gasteiger partial charge in [0.2, 0.25) is 0 Å². The third-order valence-electron chi connectivity index (χ3n) is 4.04. The van der Waals surface area contributed by atoms with Crippen molar-refractivity contribution in [3.05, 3.63) is 35.5 Å². The lowest BCUT2D eigenvalue weighted by Gasteiger charge is -2.31. The zero-order valence-corrected chi connectivity index (χ0v) is 13.7. The number of pyridine rings is 1. The van der Waals surface area contributed by atoms with Gasteiger partial charge in [-0.15, -0.1) is 12.4 Å². The van der Waals surface area contributed by atoms with E-state index >= 15 is 0 Å². The van der Waals surface area contributed by atoms with Crippen molar-refractivity contribution < 1.29 is 0 Å². The molecule has 1 saturated heterocycles. The second-order valence-electron chi connectivity index (χ2n) is 5.59. The first kappa shape index (κ1) is 16.1. The van der Waals surface area contributed by atoms with Crippen LogP contribution in [0.5, 0.6) is 0 Å². The first-order chi connectivity index (χ1) is 9.79. The van der Waals surface area contributed by atoms with E-state index in [1.165, 1.54) is 27.8 Å². The van der Waals surface area contributed by atoms with Crippen molar-refractivity contribution in [2.75, 3.05) is 31.1 Å². The predicted octanol–water partition coefficient (Wildman–Crippen LogP) is 3.33. The van der Waals surface area contributed by atoms with E-state index in [1.807, 2.05) is 0 Å². The fourth-order valence-electron chi connectivity index (χ4n) is 2.98. The smallest absolute Gasteiger partial charge is 0.0755 e. The van der Waals surface area contributed by atoms with Gasteiger partial charge in [-0.2, -0.15) is 0 Å². The third-order valence-corrected chi connectivity index (χ3v) is 4.04. The molecule has 1 N–H and O–H groups in total. The van der Waals surface area contributed by atoms with Crippen molar-refractivity contribution in [3.63, 3.8) is 0 Å². The molecule has 21 heavy (non-hydrogen) atoms. The molecule has 0 bridgehead atoms. The van der Waals surface area contributed by atoms with Gasteiger partial charge in [0.15, 0.2) is 0 Å². The molecule has 1 aliphatic rings. The van der Waals surface area contributed by atoms with Crippen LogP contribution in [-0.4, -0.2) is 31.2 Å². The van der Waals surface area contributed by atoms with Crippen molar-refractivity contribution in [2.24, 2.45) is 0 Å². The van der Waals surface area contributed by atoms with E-state index in [-0.39, 0.29) is 12.4 Å². The van der Waals surface area contributed by atoms with Gasteiger partial charge in [-0.25, -0.2) is 0 Å². The molecule has 0 atom stereocenters. The number of rotatable bonds is 3. The highest BCUT2D eigenvalue weighted by Gasteiger charge is 2.15. The molecule has 2 heterocycles. The van der Waals surface area contributed by atoms with E-state index in [0.717, 1.165) is 39.0 Å². The second-order valence-corrected chi connectivity index (χ2v) is 5.59. The number of nitrogens with zero attached hydrogens (tertiary/aromatic N) is 2. The summed E-state index contributed by atoms with van der Waals surface area (Å²) in [6.07, 6.45) is 2.20. The highest BCUT2D eigenvalue weighted by atomic mass is 35.5. The van der Waals surface area contributed by atoms with Crippen LogP contribution in [-0.2, 0) is 6.42 Å². The predicted molar refractivity (Wildman–Crippen MR) is 92.8 cm³/mol. The average Bonchev–Trinajstić information content (AvgIpc) is 2.49. The summed E-state index contributed by atoms with van der Waals surface area (Å²) in [6.45, 7) is 8.68. The topological polar surface area (TPSA) is 28.2 Å². The minimum Gasteiger partial charge on any atom is -0.368 e. The molecule has 0 spiro atoms. The number of piperazine rings is 1. The molecule has 0 saturated carbocycles. The Morgan fingerprint density at radius 2 is 2.00 bits per heavy atom. The molecule has 3 rings (SSSR count). The summed E-state index contributed by atoms with van der Waals surface area (Å²) in [7, 11) is 0. The molecule has 114 valence electrons. The summed E-state index contributed by atoms with van der Waals surface area (Å²) in [6, 6.07) is 8.82. The number of fused-ring (bicyclic) bond motifs is 1. The lowest BCUT2D eigenvalue weighted by atomic mass is 10.1. The highest BCUT2D eigenvalue weighted by Crippen LogP contribution is 2.29. The van der Waals surface area contributed by atoms with Crippen LogP contribution in [0.2, 0.25) is 0 Å². The zero-order valence-electron chi connectivity index (χ0n) is 12.9. The van der Waals surface area contributed by atoms with E-state index in [4.69, 9.17) is 4.98 Å². The van der Waals surface area contributed by atoms with E-state index in [2.05, 4.69) is 48.3 Å². The molecule has 1 aromatic heterocycles. The normalized spacial score (nSPS) is 15.0. The Morgan fingerprint density at radius 1 is 1.24 bits per heavy atom. The Bertz CT molecular complexity index is 606. The van der Waals surface area contributed by atoms with Crippen LogP contribution in [0.25, 0.3) is 10.9 Å². The van der Waals surface area contributed by atoms with Gasteiger partial charge in [0.1, 0.15) is 0 Å². The second kappa shape index (κ2) is 7.10. The average molecular weight is 306 g/mol. The molecule has 1 fully saturated rings. The van der Waals surface area contributed by atoms with Crippen molar-refractivity contribution in [2.45, 2.75) is 26.7 Å². The quantitative estimate of drug-likeness (QED) is 0.943. The van der Waals surface area contributed by atoms with Crippen LogP contribution in [0.4, 0.5) is 5.69 Å². The van der Waals surface area contributed by atoms with Crippen molar-refractivity contribution in [1.29, 1.82) is 0 Å². The molecule has 4 heteroatoms. The molecular weight excluding hydrogens is 282 g/mol. The Labute approximate surface area is 133 Å². The summed E-state index contributed by atoms with van der Waals surface area (Å²) in [5.41, 5.74) is 5.04. The van der Waals surface area contributed by atoms with Crippen molar-refractivity contribution in [1.82, 2.24) is 10.3 Å². The summed E-state index contributed by atoms with van der Waals surface area (Å²) in [5, 5.41) is 4.72. The molecule has 1 aromatic carbocycles. The standard InChI is InChI=1S/C17H23N3.ClH/c1-3-5-14-12-16(20-10-8-18-9-11-20)15-7-4-6-13(2)17(15)19-14;/h4,6-7,12,18H,3,5,8-11H2,1-2H3;1H. The van der Waals surface area contributed by atoms with Gasteiger partial charge < -0.3 is 10.2 Å². The number of para-hydroxylation sites is 1. The van der Waals surface area contributed by atoms with Gasteiger partial charge in [0.25, 0.3) is 0 Å². The van der Waals surface area contributed by atoms with Gasteiger partial charge in [0, 0.05) is 42.9 Å². The summed E-state index contributed by atoms with van der Waals surface area (Å²) in [4.78, 5) is 7.38. The Hall–Kier alpha value is -1.32. The molecule has 3 nitrogen and oxygen atoms in total. The largest absolute Gasteiger partial charge is 0.368 e. The molecule has 1 aliphatic heterocycles. The number of aryl methyl sites for hydroxylation is 2. The number of halogens is 1. The van der Waals surface area contributed by atoms with Gasteiger partial charge in [0.05, 0.1) is 5.52 Å². The molecular formula is C17H24ClN3. The van der Waals surface area contributed by atoms with Gasteiger partial charge in [-0.3, -0.25) is 4.98 Å². The highest BCUT2D eigenvalue weighted by molar-refractivity contribution is 5.93. The monoisotopic (exact) mass is 305 g/mol. The minimum absolute atomic E-state index is 0. The van der Waals surface area contributed by atoms with E-state index < -0.39 is 0 Å². The number of nitrogens with one attached hydrogen (secondary N) is 1. The SMILES string of the molecule is CCCc1cc(N2CCNCC2)c2cccc(C)c2n1.Cl. The number of hydrogen-bond donors (Lipinski definition) is 1.